The first-order chi connectivity index (χ1) is 19.7. The van der Waals surface area contributed by atoms with Crippen molar-refractivity contribution in [1.29, 1.82) is 0 Å². The molecule has 0 saturated carbocycles. The van der Waals surface area contributed by atoms with E-state index in [1.807, 2.05) is 12.4 Å². The summed E-state index contributed by atoms with van der Waals surface area (Å²) in [6.45, 7) is 6.60. The van der Waals surface area contributed by atoms with Gasteiger partial charge in [-0.1, -0.05) is 49.4 Å². The predicted molar refractivity (Wildman–Crippen MR) is 160 cm³/mol. The number of fused-ring (bicyclic) bond motifs is 1. The van der Waals surface area contributed by atoms with Gasteiger partial charge in [0.2, 0.25) is 11.9 Å². The highest BCUT2D eigenvalue weighted by Gasteiger charge is 2.33. The third-order valence-electron chi connectivity index (χ3n) is 9.32. The maximum Gasteiger partial charge on any atom is 0.226 e. The number of likely N-dealkylation sites (tertiary alicyclic amines) is 1. The van der Waals surface area contributed by atoms with E-state index in [1.54, 1.807) is 0 Å². The molecule has 2 saturated heterocycles. The molecule has 1 aromatic heterocycles. The van der Waals surface area contributed by atoms with Crippen LogP contribution in [0.15, 0.2) is 67.0 Å². The molecule has 6 heteroatoms. The minimum atomic E-state index is 0.125. The Morgan fingerprint density at radius 2 is 1.70 bits per heavy atom. The number of carbonyl (C=O) groups excluding carboxylic acids is 1. The van der Waals surface area contributed by atoms with Crippen molar-refractivity contribution in [3.8, 4) is 5.75 Å². The number of benzene rings is 1. The Labute approximate surface area is 238 Å². The molecule has 2 aromatic rings. The number of rotatable bonds is 7. The average Bonchev–Trinajstić information content (AvgIpc) is 3.04. The first-order valence-electron chi connectivity index (χ1n) is 15.3. The fraction of sp³-hybridized carbons (Fsp3) is 0.500. The Hall–Kier alpha value is -3.41. The molecule has 0 N–H and O–H groups in total. The van der Waals surface area contributed by atoms with Crippen LogP contribution in [0.5, 0.6) is 5.75 Å². The SMILES string of the molecule is CCc1cnc(N2CCC(COc3ccc(C4=CCC(C(=O)N5CCC6C=CC=CC6C5)CC4)cc3)CC2)nc1. The van der Waals surface area contributed by atoms with Crippen LogP contribution in [-0.4, -0.2) is 53.6 Å². The van der Waals surface area contributed by atoms with Crippen LogP contribution < -0.4 is 9.64 Å². The number of hydrogen-bond donors (Lipinski definition) is 0. The molecule has 0 bridgehead atoms. The average molecular weight is 539 g/mol. The zero-order valence-electron chi connectivity index (χ0n) is 23.8. The van der Waals surface area contributed by atoms with E-state index in [-0.39, 0.29) is 5.92 Å². The van der Waals surface area contributed by atoms with Crippen LogP contribution in [0.1, 0.15) is 56.6 Å². The molecule has 2 aliphatic heterocycles. The van der Waals surface area contributed by atoms with Gasteiger partial charge in [-0.05, 0) is 85.6 Å². The number of aryl methyl sites for hydroxylation is 1. The van der Waals surface area contributed by atoms with E-state index in [2.05, 4.69) is 81.3 Å². The third-order valence-corrected chi connectivity index (χ3v) is 9.32. The van der Waals surface area contributed by atoms with Crippen LogP contribution >= 0.6 is 0 Å². The van der Waals surface area contributed by atoms with Gasteiger partial charge in [0.15, 0.2) is 0 Å². The van der Waals surface area contributed by atoms with E-state index >= 15 is 0 Å². The molecule has 2 fully saturated rings. The highest BCUT2D eigenvalue weighted by Crippen LogP contribution is 2.34. The number of aromatic nitrogens is 2. The Morgan fingerprint density at radius 1 is 0.950 bits per heavy atom. The lowest BCUT2D eigenvalue weighted by molar-refractivity contribution is -0.137. The van der Waals surface area contributed by atoms with Crippen LogP contribution in [0.3, 0.4) is 0 Å². The summed E-state index contributed by atoms with van der Waals surface area (Å²) in [5.74, 6) is 3.91. The number of anilines is 1. The lowest BCUT2D eigenvalue weighted by Gasteiger charge is -2.39. The molecule has 1 aromatic carbocycles. The minimum Gasteiger partial charge on any atom is -0.493 e. The number of carbonyl (C=O) groups is 1. The van der Waals surface area contributed by atoms with Crippen molar-refractivity contribution in [3.05, 3.63) is 78.2 Å². The standard InChI is InChI=1S/C34H42N4O2/c1-2-25-21-35-34(36-22-25)37-18-15-26(16-19-37)24-40-32-13-11-29(12-14-32)28-7-9-30(10-8-28)33(39)38-20-17-27-5-3-4-6-31(27)23-38/h3-7,11-14,21-22,26-27,30-31H,2,8-10,15-20,23-24H2,1H3. The largest absolute Gasteiger partial charge is 0.493 e. The Bertz CT molecular complexity index is 1240. The number of allylic oxidation sites excluding steroid dienone is 5. The topological polar surface area (TPSA) is 58.6 Å². The second kappa shape index (κ2) is 12.4. The summed E-state index contributed by atoms with van der Waals surface area (Å²) in [4.78, 5) is 26.8. The van der Waals surface area contributed by atoms with Gasteiger partial charge in [-0.25, -0.2) is 9.97 Å². The van der Waals surface area contributed by atoms with Crippen molar-refractivity contribution in [3.63, 3.8) is 0 Å². The van der Waals surface area contributed by atoms with Crippen LogP contribution in [0.4, 0.5) is 5.95 Å². The van der Waals surface area contributed by atoms with Crippen LogP contribution in [0, 0.1) is 23.7 Å². The van der Waals surface area contributed by atoms with Crippen LogP contribution in [-0.2, 0) is 11.2 Å². The molecule has 3 unspecified atom stereocenters. The van der Waals surface area contributed by atoms with Gasteiger partial charge in [0.05, 0.1) is 6.61 Å². The molecule has 3 heterocycles. The summed E-state index contributed by atoms with van der Waals surface area (Å²) < 4.78 is 6.18. The number of nitrogens with zero attached hydrogens (tertiary/aromatic N) is 4. The summed E-state index contributed by atoms with van der Waals surface area (Å²) in [6, 6.07) is 8.55. The monoisotopic (exact) mass is 538 g/mol. The molecular formula is C34H42N4O2. The van der Waals surface area contributed by atoms with Crippen LogP contribution in [0.2, 0.25) is 0 Å². The number of amides is 1. The smallest absolute Gasteiger partial charge is 0.226 e. The van der Waals surface area contributed by atoms with Crippen molar-refractivity contribution in [2.75, 3.05) is 37.7 Å². The number of ether oxygens (including phenoxy) is 1. The lowest BCUT2D eigenvalue weighted by atomic mass is 9.81. The maximum absolute atomic E-state index is 13.3. The normalized spacial score (nSPS) is 24.9. The summed E-state index contributed by atoms with van der Waals surface area (Å²) in [7, 11) is 0. The number of hydrogen-bond acceptors (Lipinski definition) is 5. The van der Waals surface area contributed by atoms with E-state index in [4.69, 9.17) is 4.74 Å². The Kier molecular flexibility index (Phi) is 8.31. The van der Waals surface area contributed by atoms with Gasteiger partial charge in [0.25, 0.3) is 0 Å². The van der Waals surface area contributed by atoms with Gasteiger partial charge in [-0.2, -0.15) is 0 Å². The quantitative estimate of drug-likeness (QED) is 0.426. The molecular weight excluding hydrogens is 496 g/mol. The molecule has 6 nitrogen and oxygen atoms in total. The molecule has 40 heavy (non-hydrogen) atoms. The molecule has 1 amide bonds. The highest BCUT2D eigenvalue weighted by molar-refractivity contribution is 5.81. The molecule has 3 atom stereocenters. The van der Waals surface area contributed by atoms with Gasteiger partial charge in [-0.3, -0.25) is 4.79 Å². The summed E-state index contributed by atoms with van der Waals surface area (Å²) >= 11 is 0. The minimum absolute atomic E-state index is 0.125. The highest BCUT2D eigenvalue weighted by atomic mass is 16.5. The van der Waals surface area contributed by atoms with E-state index in [1.165, 1.54) is 16.7 Å². The molecule has 0 radical (unpaired) electrons. The Morgan fingerprint density at radius 3 is 2.40 bits per heavy atom. The molecule has 6 rings (SSSR count). The lowest BCUT2D eigenvalue weighted by Crippen LogP contribution is -2.45. The Balaban J connectivity index is 0.948. The first kappa shape index (κ1) is 26.8. The summed E-state index contributed by atoms with van der Waals surface area (Å²) in [5, 5.41) is 0. The van der Waals surface area contributed by atoms with Crippen LogP contribution in [0.25, 0.3) is 5.57 Å². The van der Waals surface area contributed by atoms with Gasteiger partial charge in [-0.15, -0.1) is 0 Å². The van der Waals surface area contributed by atoms with Gasteiger partial charge in [0, 0.05) is 50.4 Å². The van der Waals surface area contributed by atoms with Gasteiger partial charge >= 0.3 is 0 Å². The zero-order chi connectivity index (χ0) is 27.3. The van der Waals surface area contributed by atoms with Crippen molar-refractivity contribution in [2.45, 2.75) is 51.9 Å². The fourth-order valence-electron chi connectivity index (χ4n) is 6.61. The second-order valence-corrected chi connectivity index (χ2v) is 11.9. The van der Waals surface area contributed by atoms with Gasteiger partial charge in [0.1, 0.15) is 5.75 Å². The third kappa shape index (κ3) is 6.16. The molecule has 4 aliphatic rings. The van der Waals surface area contributed by atoms with E-state index in [9.17, 15) is 4.79 Å². The fourth-order valence-corrected chi connectivity index (χ4v) is 6.61. The van der Waals surface area contributed by atoms with E-state index in [0.29, 0.717) is 23.7 Å². The molecule has 2 aliphatic carbocycles. The zero-order valence-corrected chi connectivity index (χ0v) is 23.8. The predicted octanol–water partition coefficient (Wildman–Crippen LogP) is 6.11. The van der Waals surface area contributed by atoms with Gasteiger partial charge < -0.3 is 14.5 Å². The summed E-state index contributed by atoms with van der Waals surface area (Å²) in [6.07, 6.45) is 22.0. The first-order valence-corrected chi connectivity index (χ1v) is 15.3. The van der Waals surface area contributed by atoms with Crippen molar-refractivity contribution < 1.29 is 9.53 Å². The second-order valence-electron chi connectivity index (χ2n) is 11.9. The van der Waals surface area contributed by atoms with Crippen molar-refractivity contribution in [2.24, 2.45) is 23.7 Å². The van der Waals surface area contributed by atoms with E-state index < -0.39 is 0 Å². The van der Waals surface area contributed by atoms with Crippen molar-refractivity contribution >= 4 is 17.4 Å². The molecule has 210 valence electrons. The number of piperidine rings is 2. The van der Waals surface area contributed by atoms with Crippen molar-refractivity contribution in [1.82, 2.24) is 14.9 Å². The molecule has 0 spiro atoms. The maximum atomic E-state index is 13.3. The van der Waals surface area contributed by atoms with E-state index in [0.717, 1.165) is 89.4 Å². The summed E-state index contributed by atoms with van der Waals surface area (Å²) in [5.41, 5.74) is 3.79.